The zero-order chi connectivity index (χ0) is 14.0. The maximum Gasteiger partial charge on any atom is 0.242 e. The molecule has 1 aliphatic carbocycles. The number of halogens is 3. The van der Waals surface area contributed by atoms with Crippen molar-refractivity contribution in [1.82, 2.24) is 4.72 Å². The molecule has 0 saturated heterocycles. The Labute approximate surface area is 139 Å². The third kappa shape index (κ3) is 4.08. The van der Waals surface area contributed by atoms with Gasteiger partial charge in [-0.1, -0.05) is 34.0 Å². The summed E-state index contributed by atoms with van der Waals surface area (Å²) in [6, 6.07) is 4.69. The van der Waals surface area contributed by atoms with E-state index in [-0.39, 0.29) is 34.3 Å². The highest BCUT2D eigenvalue weighted by atomic mass is 79.9. The number of nitrogens with two attached hydrogens (primary N) is 1. The minimum absolute atomic E-state index is 0. The number of hydrogen-bond acceptors (Lipinski definition) is 3. The fraction of sp³-hybridized carbons (Fsp3) is 0.500. The zero-order valence-corrected chi connectivity index (χ0v) is 14.7. The molecule has 0 aliphatic heterocycles. The molecule has 0 aromatic heterocycles. The highest BCUT2D eigenvalue weighted by molar-refractivity contribution is 9.10. The van der Waals surface area contributed by atoms with Gasteiger partial charge in [-0.15, -0.1) is 12.4 Å². The third-order valence-electron chi connectivity index (χ3n) is 3.45. The van der Waals surface area contributed by atoms with Gasteiger partial charge in [0.2, 0.25) is 10.0 Å². The third-order valence-corrected chi connectivity index (χ3v) is 5.92. The molecule has 0 bridgehead atoms. The summed E-state index contributed by atoms with van der Waals surface area (Å²) in [6.07, 6.45) is 2.80. The number of rotatable bonds is 4. The van der Waals surface area contributed by atoms with Gasteiger partial charge in [0.05, 0.1) is 5.02 Å². The van der Waals surface area contributed by atoms with Crippen LogP contribution in [0.25, 0.3) is 0 Å². The fourth-order valence-electron chi connectivity index (χ4n) is 2.42. The van der Waals surface area contributed by atoms with Crippen LogP contribution in [0.5, 0.6) is 0 Å². The first-order valence-corrected chi connectivity index (χ1v) is 8.77. The average Bonchev–Trinajstić information content (AvgIpc) is 2.78. The van der Waals surface area contributed by atoms with Crippen LogP contribution in [0.15, 0.2) is 27.6 Å². The molecule has 4 nitrogen and oxygen atoms in total. The summed E-state index contributed by atoms with van der Waals surface area (Å²) in [6.45, 7) is 0.499. The molecule has 2 unspecified atom stereocenters. The summed E-state index contributed by atoms with van der Waals surface area (Å²) in [4.78, 5) is 0.103. The van der Waals surface area contributed by atoms with Gasteiger partial charge in [0.15, 0.2) is 0 Å². The molecule has 20 heavy (non-hydrogen) atoms. The maximum atomic E-state index is 12.4. The van der Waals surface area contributed by atoms with E-state index < -0.39 is 10.0 Å². The van der Waals surface area contributed by atoms with Crippen molar-refractivity contribution in [3.63, 3.8) is 0 Å². The summed E-state index contributed by atoms with van der Waals surface area (Å²) in [5.74, 6) is 0.209. The maximum absolute atomic E-state index is 12.4. The van der Waals surface area contributed by atoms with E-state index in [0.29, 0.717) is 11.0 Å². The lowest BCUT2D eigenvalue weighted by Gasteiger charge is -2.19. The van der Waals surface area contributed by atoms with E-state index in [1.165, 1.54) is 6.07 Å². The first kappa shape index (κ1) is 18.2. The van der Waals surface area contributed by atoms with Crippen LogP contribution in [-0.2, 0) is 10.0 Å². The van der Waals surface area contributed by atoms with Gasteiger partial charge in [0.1, 0.15) is 4.90 Å². The Morgan fingerprint density at radius 2 is 2.10 bits per heavy atom. The van der Waals surface area contributed by atoms with Crippen molar-refractivity contribution in [2.45, 2.75) is 30.2 Å². The monoisotopic (exact) mass is 402 g/mol. The number of benzene rings is 1. The Morgan fingerprint density at radius 3 is 2.75 bits per heavy atom. The van der Waals surface area contributed by atoms with Crippen molar-refractivity contribution in [2.75, 3.05) is 6.54 Å². The highest BCUT2D eigenvalue weighted by Gasteiger charge is 2.31. The summed E-state index contributed by atoms with van der Waals surface area (Å²) >= 11 is 9.23. The van der Waals surface area contributed by atoms with E-state index in [1.54, 1.807) is 12.1 Å². The van der Waals surface area contributed by atoms with Gasteiger partial charge in [-0.2, -0.15) is 0 Å². The van der Waals surface area contributed by atoms with E-state index in [1.807, 2.05) is 0 Å². The lowest BCUT2D eigenvalue weighted by atomic mass is 10.1. The van der Waals surface area contributed by atoms with Crippen LogP contribution in [0.2, 0.25) is 5.02 Å². The largest absolute Gasteiger partial charge is 0.330 e. The SMILES string of the molecule is Cl.NCC1CCCC1NS(=O)(=O)c1cc(Br)ccc1Cl. The van der Waals surface area contributed by atoms with Gasteiger partial charge in [-0.25, -0.2) is 13.1 Å². The molecule has 1 fully saturated rings. The number of hydrogen-bond donors (Lipinski definition) is 2. The van der Waals surface area contributed by atoms with E-state index >= 15 is 0 Å². The van der Waals surface area contributed by atoms with Gasteiger partial charge in [0.25, 0.3) is 0 Å². The lowest BCUT2D eigenvalue weighted by molar-refractivity contribution is 0.453. The molecule has 1 aromatic carbocycles. The van der Waals surface area contributed by atoms with E-state index in [2.05, 4.69) is 20.7 Å². The van der Waals surface area contributed by atoms with E-state index in [0.717, 1.165) is 19.3 Å². The first-order valence-electron chi connectivity index (χ1n) is 6.11. The Morgan fingerprint density at radius 1 is 1.40 bits per heavy atom. The molecule has 2 rings (SSSR count). The second kappa shape index (κ2) is 7.42. The fourth-order valence-corrected chi connectivity index (χ4v) is 4.80. The molecule has 2 atom stereocenters. The quantitative estimate of drug-likeness (QED) is 0.811. The summed E-state index contributed by atoms with van der Waals surface area (Å²) in [5.41, 5.74) is 5.67. The van der Waals surface area contributed by atoms with Crippen molar-refractivity contribution in [2.24, 2.45) is 11.7 Å². The normalized spacial score (nSPS) is 22.6. The van der Waals surface area contributed by atoms with Crippen LogP contribution >= 0.6 is 39.9 Å². The summed E-state index contributed by atoms with van der Waals surface area (Å²) in [7, 11) is -3.61. The van der Waals surface area contributed by atoms with Gasteiger partial charge in [-0.05, 0) is 43.5 Å². The molecular formula is C12H17BrCl2N2O2S. The minimum Gasteiger partial charge on any atom is -0.330 e. The van der Waals surface area contributed by atoms with Gasteiger partial charge in [-0.3, -0.25) is 0 Å². The molecule has 1 aliphatic rings. The van der Waals surface area contributed by atoms with Crippen molar-refractivity contribution in [3.8, 4) is 0 Å². The molecule has 0 heterocycles. The number of nitrogens with one attached hydrogen (secondary N) is 1. The molecule has 114 valence electrons. The highest BCUT2D eigenvalue weighted by Crippen LogP contribution is 2.29. The smallest absolute Gasteiger partial charge is 0.242 e. The van der Waals surface area contributed by atoms with Gasteiger partial charge < -0.3 is 5.73 Å². The topological polar surface area (TPSA) is 72.2 Å². The molecular weight excluding hydrogens is 387 g/mol. The van der Waals surface area contributed by atoms with Crippen molar-refractivity contribution < 1.29 is 8.42 Å². The van der Waals surface area contributed by atoms with Crippen LogP contribution in [-0.4, -0.2) is 21.0 Å². The summed E-state index contributed by atoms with van der Waals surface area (Å²) < 4.78 is 28.1. The van der Waals surface area contributed by atoms with Crippen LogP contribution in [0.1, 0.15) is 19.3 Å². The van der Waals surface area contributed by atoms with Crippen molar-refractivity contribution in [3.05, 3.63) is 27.7 Å². The molecule has 1 saturated carbocycles. The minimum atomic E-state index is -3.61. The van der Waals surface area contributed by atoms with Crippen molar-refractivity contribution >= 4 is 50.0 Å². The Kier molecular flexibility index (Phi) is 6.76. The molecule has 8 heteroatoms. The van der Waals surface area contributed by atoms with E-state index in [9.17, 15) is 8.42 Å². The Bertz CT molecular complexity index is 569. The van der Waals surface area contributed by atoms with Crippen LogP contribution in [0, 0.1) is 5.92 Å². The summed E-state index contributed by atoms with van der Waals surface area (Å²) in [5, 5.41) is 0.220. The second-order valence-corrected chi connectivity index (χ2v) is 7.73. The average molecular weight is 404 g/mol. The Balaban J connectivity index is 0.00000200. The zero-order valence-electron chi connectivity index (χ0n) is 10.7. The van der Waals surface area contributed by atoms with Crippen LogP contribution < -0.4 is 10.5 Å². The molecule has 1 aromatic rings. The van der Waals surface area contributed by atoms with Crippen LogP contribution in [0.3, 0.4) is 0 Å². The second-order valence-electron chi connectivity index (χ2n) is 4.73. The van der Waals surface area contributed by atoms with Crippen LogP contribution in [0.4, 0.5) is 0 Å². The van der Waals surface area contributed by atoms with Gasteiger partial charge in [0, 0.05) is 10.5 Å². The predicted molar refractivity (Wildman–Crippen MR) is 86.9 cm³/mol. The molecule has 0 radical (unpaired) electrons. The molecule has 3 N–H and O–H groups in total. The number of sulfonamides is 1. The molecule has 0 amide bonds. The first-order chi connectivity index (χ1) is 8.94. The van der Waals surface area contributed by atoms with Gasteiger partial charge >= 0.3 is 0 Å². The lowest BCUT2D eigenvalue weighted by Crippen LogP contribution is -2.39. The standard InChI is InChI=1S/C12H16BrClN2O2S.ClH/c13-9-4-5-10(14)12(6-9)19(17,18)16-11-3-1-2-8(11)7-15;/h4-6,8,11,16H,1-3,7,15H2;1H. The van der Waals surface area contributed by atoms with E-state index in [4.69, 9.17) is 17.3 Å². The predicted octanol–water partition coefficient (Wildman–Crippen LogP) is 2.93. The molecule has 0 spiro atoms. The van der Waals surface area contributed by atoms with Crippen molar-refractivity contribution in [1.29, 1.82) is 0 Å². The Hall–Kier alpha value is 0.150.